The minimum atomic E-state index is 0.147. The summed E-state index contributed by atoms with van der Waals surface area (Å²) in [5.41, 5.74) is 1.83. The zero-order valence-electron chi connectivity index (χ0n) is 13.9. The van der Waals surface area contributed by atoms with Crippen LogP contribution in [-0.2, 0) is 6.54 Å². The molecular weight excluding hydrogens is 316 g/mol. The van der Waals surface area contributed by atoms with Gasteiger partial charge in [0.15, 0.2) is 0 Å². The van der Waals surface area contributed by atoms with Crippen molar-refractivity contribution in [2.24, 2.45) is 0 Å². The highest BCUT2D eigenvalue weighted by Crippen LogP contribution is 2.27. The summed E-state index contributed by atoms with van der Waals surface area (Å²) in [4.78, 5) is 4.69. The Labute approximate surface area is 146 Å². The molecule has 25 heavy (non-hydrogen) atoms. The predicted molar refractivity (Wildman–Crippen MR) is 95.3 cm³/mol. The summed E-state index contributed by atoms with van der Waals surface area (Å²) in [7, 11) is 0. The number of benzene rings is 2. The van der Waals surface area contributed by atoms with Crippen LogP contribution in [0.1, 0.15) is 5.89 Å². The molecule has 0 unspecified atom stereocenters. The average molecular weight is 336 g/mol. The third-order valence-corrected chi connectivity index (χ3v) is 4.45. The second-order valence-corrected chi connectivity index (χ2v) is 6.12. The van der Waals surface area contributed by atoms with Gasteiger partial charge in [0, 0.05) is 31.9 Å². The van der Waals surface area contributed by atoms with E-state index in [-0.39, 0.29) is 5.75 Å². The number of hydrogen-bond acceptors (Lipinski definition) is 6. The van der Waals surface area contributed by atoms with Gasteiger partial charge >= 0.3 is 0 Å². The fourth-order valence-electron chi connectivity index (χ4n) is 3.08. The quantitative estimate of drug-likeness (QED) is 0.790. The van der Waals surface area contributed by atoms with E-state index >= 15 is 0 Å². The van der Waals surface area contributed by atoms with Crippen molar-refractivity contribution in [3.8, 4) is 17.2 Å². The Kier molecular flexibility index (Phi) is 4.35. The van der Waals surface area contributed by atoms with Crippen LogP contribution in [0.15, 0.2) is 59.0 Å². The van der Waals surface area contributed by atoms with Gasteiger partial charge in [0.05, 0.1) is 12.1 Å². The average Bonchev–Trinajstić information content (AvgIpc) is 3.12. The molecule has 4 rings (SSSR count). The zero-order chi connectivity index (χ0) is 17.1. The standard InChI is InChI=1S/C19H20N4O2/c24-17-9-5-4-8-16(17)19-21-20-18(25-19)14-22-10-12-23(13-11-22)15-6-2-1-3-7-15/h1-9,24H,10-14H2. The van der Waals surface area contributed by atoms with E-state index in [2.05, 4.69) is 44.3 Å². The Morgan fingerprint density at radius 1 is 0.880 bits per heavy atom. The molecule has 1 aromatic heterocycles. The van der Waals surface area contributed by atoms with Gasteiger partial charge in [-0.2, -0.15) is 0 Å². The lowest BCUT2D eigenvalue weighted by molar-refractivity contribution is 0.227. The highest BCUT2D eigenvalue weighted by Gasteiger charge is 2.20. The minimum Gasteiger partial charge on any atom is -0.507 e. The molecule has 2 aromatic carbocycles. The van der Waals surface area contributed by atoms with Crippen LogP contribution in [0.25, 0.3) is 11.5 Å². The monoisotopic (exact) mass is 336 g/mol. The number of piperazine rings is 1. The molecule has 2 heterocycles. The summed E-state index contributed by atoms with van der Waals surface area (Å²) in [6, 6.07) is 17.5. The number of rotatable bonds is 4. The lowest BCUT2D eigenvalue weighted by Gasteiger charge is -2.35. The lowest BCUT2D eigenvalue weighted by Crippen LogP contribution is -2.46. The zero-order valence-corrected chi connectivity index (χ0v) is 13.9. The first kappa shape index (κ1) is 15.7. The first-order chi connectivity index (χ1) is 12.3. The van der Waals surface area contributed by atoms with Gasteiger partial charge in [0.25, 0.3) is 5.89 Å². The molecule has 0 radical (unpaired) electrons. The molecular formula is C19H20N4O2. The molecule has 0 aliphatic carbocycles. The Morgan fingerprint density at radius 3 is 2.36 bits per heavy atom. The van der Waals surface area contributed by atoms with Gasteiger partial charge < -0.3 is 14.4 Å². The lowest BCUT2D eigenvalue weighted by atomic mass is 10.2. The maximum atomic E-state index is 9.89. The molecule has 0 bridgehead atoms. The summed E-state index contributed by atoms with van der Waals surface area (Å²) in [5, 5.41) is 18.1. The van der Waals surface area contributed by atoms with Crippen LogP contribution in [0.2, 0.25) is 0 Å². The molecule has 0 amide bonds. The summed E-state index contributed by atoms with van der Waals surface area (Å²) in [6.45, 7) is 4.48. The predicted octanol–water partition coefficient (Wildman–Crippen LogP) is 2.76. The molecule has 3 aromatic rings. The molecule has 6 nitrogen and oxygen atoms in total. The third-order valence-electron chi connectivity index (χ3n) is 4.45. The van der Waals surface area contributed by atoms with Gasteiger partial charge in [-0.25, -0.2) is 0 Å². The smallest absolute Gasteiger partial charge is 0.251 e. The fraction of sp³-hybridized carbons (Fsp3) is 0.263. The van der Waals surface area contributed by atoms with Crippen LogP contribution in [-0.4, -0.2) is 46.4 Å². The van der Waals surface area contributed by atoms with Crippen molar-refractivity contribution in [2.75, 3.05) is 31.1 Å². The summed E-state index contributed by atoms with van der Waals surface area (Å²) in [5.74, 6) is 1.08. The summed E-state index contributed by atoms with van der Waals surface area (Å²) in [6.07, 6.45) is 0. The van der Waals surface area contributed by atoms with Crippen molar-refractivity contribution in [3.63, 3.8) is 0 Å². The molecule has 1 N–H and O–H groups in total. The SMILES string of the molecule is Oc1ccccc1-c1nnc(CN2CCN(c3ccccc3)CC2)o1. The number of anilines is 1. The Hall–Kier alpha value is -2.86. The van der Waals surface area contributed by atoms with E-state index in [1.807, 2.05) is 12.1 Å². The van der Waals surface area contributed by atoms with Gasteiger partial charge in [0.2, 0.25) is 5.89 Å². The highest BCUT2D eigenvalue weighted by atomic mass is 16.4. The van der Waals surface area contributed by atoms with Crippen molar-refractivity contribution in [2.45, 2.75) is 6.54 Å². The van der Waals surface area contributed by atoms with Gasteiger partial charge in [-0.1, -0.05) is 30.3 Å². The van der Waals surface area contributed by atoms with Crippen LogP contribution < -0.4 is 4.90 Å². The second kappa shape index (κ2) is 6.94. The molecule has 128 valence electrons. The maximum Gasteiger partial charge on any atom is 0.251 e. The van der Waals surface area contributed by atoms with Crippen LogP contribution in [0.4, 0.5) is 5.69 Å². The number of nitrogens with zero attached hydrogens (tertiary/aromatic N) is 4. The number of aromatic hydroxyl groups is 1. The first-order valence-electron chi connectivity index (χ1n) is 8.43. The van der Waals surface area contributed by atoms with E-state index in [0.717, 1.165) is 26.2 Å². The molecule has 0 spiro atoms. The van der Waals surface area contributed by atoms with Crippen molar-refractivity contribution in [1.82, 2.24) is 15.1 Å². The van der Waals surface area contributed by atoms with E-state index in [1.54, 1.807) is 18.2 Å². The minimum absolute atomic E-state index is 0.147. The maximum absolute atomic E-state index is 9.89. The Bertz CT molecular complexity index is 826. The first-order valence-corrected chi connectivity index (χ1v) is 8.43. The third kappa shape index (κ3) is 3.49. The molecule has 1 saturated heterocycles. The van der Waals surface area contributed by atoms with Gasteiger partial charge in [-0.15, -0.1) is 10.2 Å². The van der Waals surface area contributed by atoms with Gasteiger partial charge in [0.1, 0.15) is 5.75 Å². The van der Waals surface area contributed by atoms with E-state index in [0.29, 0.717) is 23.9 Å². The van der Waals surface area contributed by atoms with Crippen molar-refractivity contribution >= 4 is 5.69 Å². The van der Waals surface area contributed by atoms with Gasteiger partial charge in [-0.05, 0) is 24.3 Å². The highest BCUT2D eigenvalue weighted by molar-refractivity contribution is 5.61. The van der Waals surface area contributed by atoms with Crippen molar-refractivity contribution in [1.29, 1.82) is 0 Å². The van der Waals surface area contributed by atoms with Crippen LogP contribution in [0.3, 0.4) is 0 Å². The molecule has 1 aliphatic heterocycles. The van der Waals surface area contributed by atoms with Gasteiger partial charge in [-0.3, -0.25) is 4.90 Å². The van der Waals surface area contributed by atoms with Crippen molar-refractivity contribution < 1.29 is 9.52 Å². The molecule has 6 heteroatoms. The molecule has 1 fully saturated rings. The Morgan fingerprint density at radius 2 is 1.60 bits per heavy atom. The van der Waals surface area contributed by atoms with Crippen LogP contribution in [0.5, 0.6) is 5.75 Å². The molecule has 0 atom stereocenters. The second-order valence-electron chi connectivity index (χ2n) is 6.12. The molecule has 1 aliphatic rings. The number of aromatic nitrogens is 2. The largest absolute Gasteiger partial charge is 0.507 e. The fourth-order valence-corrected chi connectivity index (χ4v) is 3.08. The number of phenols is 1. The van der Waals surface area contributed by atoms with E-state index in [1.165, 1.54) is 5.69 Å². The molecule has 0 saturated carbocycles. The van der Waals surface area contributed by atoms with Crippen LogP contribution >= 0.6 is 0 Å². The summed E-state index contributed by atoms with van der Waals surface area (Å²) < 4.78 is 5.73. The van der Waals surface area contributed by atoms with E-state index < -0.39 is 0 Å². The normalized spacial score (nSPS) is 15.4. The van der Waals surface area contributed by atoms with Crippen LogP contribution in [0, 0.1) is 0 Å². The topological polar surface area (TPSA) is 65.6 Å². The summed E-state index contributed by atoms with van der Waals surface area (Å²) >= 11 is 0. The van der Waals surface area contributed by atoms with E-state index in [4.69, 9.17) is 4.42 Å². The number of para-hydroxylation sites is 2. The number of phenolic OH excluding ortho intramolecular Hbond substituents is 1. The Balaban J connectivity index is 1.37. The van der Waals surface area contributed by atoms with Crippen molar-refractivity contribution in [3.05, 3.63) is 60.5 Å². The van der Waals surface area contributed by atoms with E-state index in [9.17, 15) is 5.11 Å². The number of hydrogen-bond donors (Lipinski definition) is 1.